The number of likely N-dealkylation sites (N-methyl/N-ethyl adjacent to an activating group) is 1. The number of carboxylic acid groups (broad SMARTS) is 4. The van der Waals surface area contributed by atoms with Gasteiger partial charge in [0.1, 0.15) is 0 Å². The van der Waals surface area contributed by atoms with E-state index in [1.165, 1.54) is 36.0 Å². The minimum Gasteiger partial charge on any atom is -0.478 e. The van der Waals surface area contributed by atoms with E-state index in [1.54, 1.807) is 0 Å². The van der Waals surface area contributed by atoms with Gasteiger partial charge in [0.25, 0.3) is 0 Å². The predicted octanol–water partition coefficient (Wildman–Crippen LogP) is 3.25. The van der Waals surface area contributed by atoms with Gasteiger partial charge in [-0.1, -0.05) is 24.3 Å². The zero-order valence-electron chi connectivity index (χ0n) is 20.2. The van der Waals surface area contributed by atoms with Gasteiger partial charge in [0.05, 0.1) is 6.04 Å². The number of hydrogen-bond donors (Lipinski definition) is 4. The van der Waals surface area contributed by atoms with Crippen LogP contribution in [0, 0.1) is 0 Å². The van der Waals surface area contributed by atoms with Gasteiger partial charge in [-0.2, -0.15) is 0 Å². The number of carboxylic acids is 4. The fourth-order valence-electron chi connectivity index (χ4n) is 2.96. The Morgan fingerprint density at radius 3 is 1.70 bits per heavy atom. The first-order chi connectivity index (χ1) is 17.6. The summed E-state index contributed by atoms with van der Waals surface area (Å²) in [5.74, 6) is -3.89. The molecule has 4 N–H and O–H groups in total. The van der Waals surface area contributed by atoms with Crippen LogP contribution in [0.3, 0.4) is 0 Å². The van der Waals surface area contributed by atoms with Crippen molar-refractivity contribution in [1.29, 1.82) is 0 Å². The highest BCUT2D eigenvalue weighted by Crippen LogP contribution is 2.32. The van der Waals surface area contributed by atoms with E-state index in [-0.39, 0.29) is 0 Å². The fraction of sp³-hybridized carbons (Fsp3) is 0.280. The summed E-state index contributed by atoms with van der Waals surface area (Å²) in [5.41, 5.74) is 0. The molecule has 200 valence electrons. The summed E-state index contributed by atoms with van der Waals surface area (Å²) in [6.45, 7) is 4.71. The molecule has 0 aliphatic carbocycles. The quantitative estimate of drug-likeness (QED) is 0.268. The summed E-state index contributed by atoms with van der Waals surface area (Å²) in [4.78, 5) is 46.2. The Hall–Kier alpha value is -3.45. The molecule has 1 fully saturated rings. The van der Waals surface area contributed by atoms with Crippen molar-refractivity contribution in [3.05, 3.63) is 77.0 Å². The van der Waals surface area contributed by atoms with Gasteiger partial charge in [0.15, 0.2) is 0 Å². The number of nitrogens with zero attached hydrogens (tertiary/aromatic N) is 2. The van der Waals surface area contributed by atoms with E-state index in [9.17, 15) is 19.2 Å². The van der Waals surface area contributed by atoms with Crippen LogP contribution in [0.25, 0.3) is 0 Å². The molecule has 37 heavy (non-hydrogen) atoms. The molecule has 1 aromatic carbocycles. The third kappa shape index (κ3) is 15.3. The molecule has 0 saturated carbocycles. The lowest BCUT2D eigenvalue weighted by molar-refractivity contribution is -0.134. The first-order valence-corrected chi connectivity index (χ1v) is 12.9. The van der Waals surface area contributed by atoms with E-state index in [1.807, 2.05) is 23.1 Å². The SMILES string of the molecule is CN1CCN(C(CSc2ccccc2)c2cccs2)CC1.O=C(O)/C=C/C(=O)O.O=C(O)/C=C/C(=O)O. The van der Waals surface area contributed by atoms with Crippen LogP contribution >= 0.6 is 23.1 Å². The van der Waals surface area contributed by atoms with Gasteiger partial charge in [-0.15, -0.1) is 23.1 Å². The van der Waals surface area contributed by atoms with Crippen LogP contribution in [0.1, 0.15) is 10.9 Å². The van der Waals surface area contributed by atoms with Crippen LogP contribution in [0.15, 0.2) is 77.0 Å². The highest BCUT2D eigenvalue weighted by atomic mass is 32.2. The van der Waals surface area contributed by atoms with Crippen LogP contribution in [-0.2, 0) is 19.2 Å². The van der Waals surface area contributed by atoms with Gasteiger partial charge in [0, 0.05) is 66.0 Å². The molecule has 12 heteroatoms. The van der Waals surface area contributed by atoms with Gasteiger partial charge in [0.2, 0.25) is 0 Å². The molecule has 0 radical (unpaired) electrons. The molecule has 1 aromatic heterocycles. The van der Waals surface area contributed by atoms with Crippen molar-refractivity contribution in [2.24, 2.45) is 0 Å². The summed E-state index contributed by atoms with van der Waals surface area (Å²) in [5, 5.41) is 33.4. The van der Waals surface area contributed by atoms with Crippen molar-refractivity contribution < 1.29 is 39.6 Å². The minimum atomic E-state index is -1.26. The molecular formula is C25H30N2O8S2. The van der Waals surface area contributed by atoms with Gasteiger partial charge in [-0.05, 0) is 30.6 Å². The monoisotopic (exact) mass is 550 g/mol. The first-order valence-electron chi connectivity index (χ1n) is 11.0. The van der Waals surface area contributed by atoms with Crippen molar-refractivity contribution in [1.82, 2.24) is 9.80 Å². The largest absolute Gasteiger partial charge is 0.478 e. The lowest BCUT2D eigenvalue weighted by Gasteiger charge is -2.37. The van der Waals surface area contributed by atoms with Gasteiger partial charge in [-0.3, -0.25) is 4.90 Å². The summed E-state index contributed by atoms with van der Waals surface area (Å²) < 4.78 is 0. The predicted molar refractivity (Wildman–Crippen MR) is 142 cm³/mol. The van der Waals surface area contributed by atoms with Gasteiger partial charge in [-0.25, -0.2) is 19.2 Å². The van der Waals surface area contributed by atoms with E-state index in [2.05, 4.69) is 64.7 Å². The van der Waals surface area contributed by atoms with Crippen LogP contribution in [0.2, 0.25) is 0 Å². The van der Waals surface area contributed by atoms with Gasteiger partial charge >= 0.3 is 23.9 Å². The van der Waals surface area contributed by atoms with Crippen molar-refractivity contribution >= 4 is 47.0 Å². The standard InChI is InChI=1S/C17H22N2S2.2C4H4O4/c1-18-9-11-19(12-10-18)16(17-8-5-13-20-17)14-21-15-6-3-2-4-7-15;2*5-3(6)1-2-4(7)8/h2-8,13,16H,9-12,14H2,1H3;2*1-2H,(H,5,6)(H,7,8)/b;2*2-1+. The van der Waals surface area contributed by atoms with Crippen molar-refractivity contribution in [2.75, 3.05) is 39.0 Å². The summed E-state index contributed by atoms with van der Waals surface area (Å²) in [6, 6.07) is 15.8. The number of benzene rings is 1. The Labute approximate surface area is 223 Å². The third-order valence-electron chi connectivity index (χ3n) is 4.74. The lowest BCUT2D eigenvalue weighted by atomic mass is 10.2. The lowest BCUT2D eigenvalue weighted by Crippen LogP contribution is -2.46. The third-order valence-corrected chi connectivity index (χ3v) is 6.80. The molecule has 1 aliphatic heterocycles. The number of thioether (sulfide) groups is 1. The molecule has 10 nitrogen and oxygen atoms in total. The van der Waals surface area contributed by atoms with Crippen molar-refractivity contribution in [2.45, 2.75) is 10.9 Å². The zero-order chi connectivity index (χ0) is 27.6. The maximum absolute atomic E-state index is 9.55. The molecule has 1 aliphatic rings. The van der Waals surface area contributed by atoms with E-state index in [4.69, 9.17) is 20.4 Å². The average Bonchev–Trinajstić information content (AvgIpc) is 3.39. The van der Waals surface area contributed by atoms with E-state index < -0.39 is 23.9 Å². The maximum atomic E-state index is 9.55. The average molecular weight is 551 g/mol. The Bertz CT molecular complexity index is 968. The van der Waals surface area contributed by atoms with Crippen LogP contribution in [0.4, 0.5) is 0 Å². The molecule has 2 aromatic rings. The van der Waals surface area contributed by atoms with E-state index >= 15 is 0 Å². The molecule has 1 unspecified atom stereocenters. The molecule has 1 saturated heterocycles. The topological polar surface area (TPSA) is 156 Å². The molecule has 3 rings (SSSR count). The zero-order valence-corrected chi connectivity index (χ0v) is 21.8. The molecule has 0 amide bonds. The van der Waals surface area contributed by atoms with E-state index in [0.29, 0.717) is 30.3 Å². The van der Waals surface area contributed by atoms with E-state index in [0.717, 1.165) is 5.75 Å². The van der Waals surface area contributed by atoms with Gasteiger partial charge < -0.3 is 25.3 Å². The fourth-order valence-corrected chi connectivity index (χ4v) is 5.02. The maximum Gasteiger partial charge on any atom is 0.328 e. The second-order valence-corrected chi connectivity index (χ2v) is 9.59. The van der Waals surface area contributed by atoms with Crippen LogP contribution in [-0.4, -0.2) is 93.1 Å². The number of aliphatic carboxylic acids is 4. The van der Waals surface area contributed by atoms with Crippen molar-refractivity contribution in [3.8, 4) is 0 Å². The molecule has 0 bridgehead atoms. The Morgan fingerprint density at radius 1 is 0.811 bits per heavy atom. The van der Waals surface area contributed by atoms with Crippen LogP contribution in [0.5, 0.6) is 0 Å². The minimum absolute atomic E-state index is 0.545. The smallest absolute Gasteiger partial charge is 0.328 e. The Morgan fingerprint density at radius 2 is 1.30 bits per heavy atom. The first kappa shape index (κ1) is 31.6. The molecule has 2 heterocycles. The number of piperazine rings is 1. The Kier molecular flexibility index (Phi) is 15.3. The second-order valence-electron chi connectivity index (χ2n) is 7.51. The second kappa shape index (κ2) is 17.9. The number of hydrogen-bond acceptors (Lipinski definition) is 8. The highest BCUT2D eigenvalue weighted by molar-refractivity contribution is 7.99. The normalized spacial score (nSPS) is 14.7. The summed E-state index contributed by atoms with van der Waals surface area (Å²) >= 11 is 3.86. The van der Waals surface area contributed by atoms with Crippen molar-refractivity contribution in [3.63, 3.8) is 0 Å². The summed E-state index contributed by atoms with van der Waals surface area (Å²) in [6.07, 6.45) is 2.23. The number of thiophene rings is 1. The summed E-state index contributed by atoms with van der Waals surface area (Å²) in [7, 11) is 2.22. The highest BCUT2D eigenvalue weighted by Gasteiger charge is 2.24. The molecule has 0 spiro atoms. The number of rotatable bonds is 9. The van der Waals surface area contributed by atoms with Crippen LogP contribution < -0.4 is 0 Å². The molecular weight excluding hydrogens is 520 g/mol. The Balaban J connectivity index is 0.000000355. The number of carbonyl (C=O) groups is 4. The molecule has 1 atom stereocenters.